The summed E-state index contributed by atoms with van der Waals surface area (Å²) in [5.41, 5.74) is 1.22. The Morgan fingerprint density at radius 1 is 1.40 bits per heavy atom. The molecule has 1 aliphatic rings. The van der Waals surface area contributed by atoms with Crippen molar-refractivity contribution in [2.75, 3.05) is 20.2 Å². The number of hydrogen-bond acceptors (Lipinski definition) is 5. The van der Waals surface area contributed by atoms with Crippen molar-refractivity contribution < 1.29 is 18.4 Å². The fourth-order valence-electron chi connectivity index (χ4n) is 2.97. The van der Waals surface area contributed by atoms with Crippen molar-refractivity contribution in [3.05, 3.63) is 35.5 Å². The Morgan fingerprint density at radius 3 is 2.84 bits per heavy atom. The van der Waals surface area contributed by atoms with E-state index in [-0.39, 0.29) is 17.8 Å². The molecule has 0 atom stereocenters. The predicted molar refractivity (Wildman–Crippen MR) is 89.4 cm³/mol. The van der Waals surface area contributed by atoms with E-state index in [0.717, 1.165) is 25.9 Å². The molecule has 1 saturated heterocycles. The standard InChI is InChI=1S/C18H22FN3O3/c1-12-11-13(3-4-15(12)19)18-20-16(25-21-18)5-6-17(23)22-9-7-14(24-2)8-10-22/h3-4,11,14H,5-10H2,1-2H3. The molecule has 0 saturated carbocycles. The summed E-state index contributed by atoms with van der Waals surface area (Å²) in [4.78, 5) is 18.4. The number of likely N-dealkylation sites (tertiary alicyclic amines) is 1. The lowest BCUT2D eigenvalue weighted by Crippen LogP contribution is -2.40. The van der Waals surface area contributed by atoms with E-state index in [9.17, 15) is 9.18 Å². The number of benzene rings is 1. The van der Waals surface area contributed by atoms with E-state index in [0.29, 0.717) is 35.7 Å². The molecule has 1 aromatic heterocycles. The van der Waals surface area contributed by atoms with Gasteiger partial charge in [0.25, 0.3) is 0 Å². The molecule has 6 nitrogen and oxygen atoms in total. The van der Waals surface area contributed by atoms with Crippen LogP contribution in [0.4, 0.5) is 4.39 Å². The molecule has 0 unspecified atom stereocenters. The van der Waals surface area contributed by atoms with Gasteiger partial charge in [0.15, 0.2) is 0 Å². The van der Waals surface area contributed by atoms with Gasteiger partial charge in [-0.3, -0.25) is 4.79 Å². The Bertz CT molecular complexity index is 739. The zero-order chi connectivity index (χ0) is 17.8. The normalized spacial score (nSPS) is 15.6. The number of rotatable bonds is 5. The van der Waals surface area contributed by atoms with E-state index >= 15 is 0 Å². The SMILES string of the molecule is COC1CCN(C(=O)CCc2nc(-c3ccc(F)c(C)c3)no2)CC1. The zero-order valence-electron chi connectivity index (χ0n) is 14.5. The molecular weight excluding hydrogens is 325 g/mol. The van der Waals surface area contributed by atoms with Crippen molar-refractivity contribution in [3.63, 3.8) is 0 Å². The summed E-state index contributed by atoms with van der Waals surface area (Å²) >= 11 is 0. The molecule has 0 radical (unpaired) electrons. The Morgan fingerprint density at radius 2 is 2.16 bits per heavy atom. The molecule has 0 bridgehead atoms. The van der Waals surface area contributed by atoms with Crippen LogP contribution >= 0.6 is 0 Å². The van der Waals surface area contributed by atoms with E-state index in [1.165, 1.54) is 6.07 Å². The number of hydrogen-bond donors (Lipinski definition) is 0. The van der Waals surface area contributed by atoms with Crippen LogP contribution in [0.5, 0.6) is 0 Å². The van der Waals surface area contributed by atoms with Gasteiger partial charge in [-0.25, -0.2) is 4.39 Å². The molecule has 2 heterocycles. The number of piperidine rings is 1. The van der Waals surface area contributed by atoms with Gasteiger partial charge in [0.1, 0.15) is 5.82 Å². The van der Waals surface area contributed by atoms with Crippen LogP contribution in [0, 0.1) is 12.7 Å². The molecule has 1 aliphatic heterocycles. The van der Waals surface area contributed by atoms with Crippen molar-refractivity contribution in [1.29, 1.82) is 0 Å². The maximum absolute atomic E-state index is 13.3. The van der Waals surface area contributed by atoms with Crippen molar-refractivity contribution >= 4 is 5.91 Å². The van der Waals surface area contributed by atoms with Gasteiger partial charge < -0.3 is 14.2 Å². The van der Waals surface area contributed by atoms with E-state index < -0.39 is 0 Å². The Balaban J connectivity index is 1.55. The lowest BCUT2D eigenvalue weighted by molar-refractivity contribution is -0.133. The fourth-order valence-corrected chi connectivity index (χ4v) is 2.97. The predicted octanol–water partition coefficient (Wildman–Crippen LogP) is 2.75. The molecule has 25 heavy (non-hydrogen) atoms. The molecule has 134 valence electrons. The fraction of sp³-hybridized carbons (Fsp3) is 0.500. The molecular formula is C18H22FN3O3. The Hall–Kier alpha value is -2.28. The van der Waals surface area contributed by atoms with Gasteiger partial charge in [0, 0.05) is 38.6 Å². The topological polar surface area (TPSA) is 68.5 Å². The van der Waals surface area contributed by atoms with Crippen molar-refractivity contribution in [2.24, 2.45) is 0 Å². The largest absolute Gasteiger partial charge is 0.381 e. The van der Waals surface area contributed by atoms with Crippen LogP contribution in [0.15, 0.2) is 22.7 Å². The van der Waals surface area contributed by atoms with E-state index in [1.54, 1.807) is 26.2 Å². The monoisotopic (exact) mass is 347 g/mol. The second-order valence-corrected chi connectivity index (χ2v) is 6.29. The van der Waals surface area contributed by atoms with Crippen molar-refractivity contribution in [3.8, 4) is 11.4 Å². The number of amides is 1. The Kier molecular flexibility index (Phi) is 5.43. The molecule has 3 rings (SSSR count). The molecule has 1 fully saturated rings. The molecule has 1 amide bonds. The molecule has 1 aromatic carbocycles. The maximum Gasteiger partial charge on any atom is 0.227 e. The van der Waals surface area contributed by atoms with Gasteiger partial charge in [0.05, 0.1) is 6.10 Å². The number of methoxy groups -OCH3 is 1. The average molecular weight is 347 g/mol. The van der Waals surface area contributed by atoms with E-state index in [1.807, 2.05) is 4.90 Å². The maximum atomic E-state index is 13.3. The van der Waals surface area contributed by atoms with Crippen molar-refractivity contribution in [1.82, 2.24) is 15.0 Å². The van der Waals surface area contributed by atoms with Crippen LogP contribution in [-0.2, 0) is 16.0 Å². The third-order valence-electron chi connectivity index (χ3n) is 4.56. The number of carbonyl (C=O) groups is 1. The average Bonchev–Trinajstić information content (AvgIpc) is 3.11. The number of halogens is 1. The second-order valence-electron chi connectivity index (χ2n) is 6.29. The van der Waals surface area contributed by atoms with Crippen LogP contribution in [0.1, 0.15) is 30.7 Å². The number of carbonyl (C=O) groups excluding carboxylic acids is 1. The van der Waals surface area contributed by atoms with Crippen LogP contribution in [0.2, 0.25) is 0 Å². The minimum Gasteiger partial charge on any atom is -0.381 e. The Labute approximate surface area is 146 Å². The van der Waals surface area contributed by atoms with Crippen LogP contribution in [0.25, 0.3) is 11.4 Å². The van der Waals surface area contributed by atoms with Gasteiger partial charge in [-0.2, -0.15) is 4.98 Å². The minimum atomic E-state index is -0.268. The van der Waals surface area contributed by atoms with Crippen LogP contribution in [-0.4, -0.2) is 47.3 Å². The smallest absolute Gasteiger partial charge is 0.227 e. The van der Waals surface area contributed by atoms with Gasteiger partial charge in [0.2, 0.25) is 17.6 Å². The minimum absolute atomic E-state index is 0.0897. The number of aromatic nitrogens is 2. The first kappa shape index (κ1) is 17.5. The number of ether oxygens (including phenoxy) is 1. The van der Waals surface area contributed by atoms with Crippen molar-refractivity contribution in [2.45, 2.75) is 38.7 Å². The number of aryl methyl sites for hydroxylation is 2. The molecule has 0 N–H and O–H groups in total. The zero-order valence-corrected chi connectivity index (χ0v) is 14.5. The number of nitrogens with zero attached hydrogens (tertiary/aromatic N) is 3. The summed E-state index contributed by atoms with van der Waals surface area (Å²) in [7, 11) is 1.71. The molecule has 7 heteroatoms. The lowest BCUT2D eigenvalue weighted by Gasteiger charge is -2.31. The highest BCUT2D eigenvalue weighted by Crippen LogP contribution is 2.20. The molecule has 0 spiro atoms. The highest BCUT2D eigenvalue weighted by Gasteiger charge is 2.22. The lowest BCUT2D eigenvalue weighted by atomic mass is 10.1. The summed E-state index contributed by atoms with van der Waals surface area (Å²) in [5.74, 6) is 0.644. The third-order valence-corrected chi connectivity index (χ3v) is 4.56. The first-order valence-electron chi connectivity index (χ1n) is 8.46. The van der Waals surface area contributed by atoms with Gasteiger partial charge in [-0.15, -0.1) is 0 Å². The highest BCUT2D eigenvalue weighted by molar-refractivity contribution is 5.76. The first-order chi connectivity index (χ1) is 12.1. The van der Waals surface area contributed by atoms with Crippen LogP contribution < -0.4 is 0 Å². The summed E-state index contributed by atoms with van der Waals surface area (Å²) < 4.78 is 23.9. The van der Waals surface area contributed by atoms with Gasteiger partial charge in [-0.05, 0) is 43.5 Å². The van der Waals surface area contributed by atoms with Gasteiger partial charge in [-0.1, -0.05) is 5.16 Å². The molecule has 0 aliphatic carbocycles. The first-order valence-corrected chi connectivity index (χ1v) is 8.46. The molecule has 2 aromatic rings. The van der Waals surface area contributed by atoms with Crippen LogP contribution in [0.3, 0.4) is 0 Å². The van der Waals surface area contributed by atoms with Gasteiger partial charge >= 0.3 is 0 Å². The third kappa shape index (κ3) is 4.22. The summed E-state index contributed by atoms with van der Waals surface area (Å²) in [6.07, 6.45) is 2.73. The summed E-state index contributed by atoms with van der Waals surface area (Å²) in [6, 6.07) is 4.67. The summed E-state index contributed by atoms with van der Waals surface area (Å²) in [6.45, 7) is 3.13. The highest BCUT2D eigenvalue weighted by atomic mass is 19.1. The van der Waals surface area contributed by atoms with E-state index in [2.05, 4.69) is 10.1 Å². The summed E-state index contributed by atoms with van der Waals surface area (Å²) in [5, 5.41) is 3.92. The second kappa shape index (κ2) is 7.74. The quantitative estimate of drug-likeness (QED) is 0.832. The van der Waals surface area contributed by atoms with E-state index in [4.69, 9.17) is 9.26 Å².